The molecule has 0 aliphatic heterocycles. The Morgan fingerprint density at radius 3 is 2.04 bits per heavy atom. The molecular formula is C18H17BF4OS. The number of halogens is 4. The van der Waals surface area contributed by atoms with Crippen LogP contribution >= 0.6 is 0 Å². The van der Waals surface area contributed by atoms with Crippen LogP contribution in [-0.4, -0.2) is 12.4 Å². The maximum absolute atomic E-state index is 9.75. The number of aromatic hydroxyl groups is 1. The molecule has 0 aliphatic rings. The van der Waals surface area contributed by atoms with Gasteiger partial charge >= 0.3 is 7.25 Å². The highest BCUT2D eigenvalue weighted by Crippen LogP contribution is 2.20. The van der Waals surface area contributed by atoms with Crippen molar-refractivity contribution in [2.75, 3.05) is 0 Å². The summed E-state index contributed by atoms with van der Waals surface area (Å²) in [7, 11) is -6.00. The van der Waals surface area contributed by atoms with E-state index in [0.717, 1.165) is 11.5 Å². The Morgan fingerprint density at radius 2 is 1.36 bits per heavy atom. The fourth-order valence-electron chi connectivity index (χ4n) is 2.34. The molecule has 3 aromatic carbocycles. The molecule has 0 radical (unpaired) electrons. The first kappa shape index (κ1) is 19.2. The van der Waals surface area contributed by atoms with Gasteiger partial charge in [0.25, 0.3) is 0 Å². The average molecular weight is 368 g/mol. The van der Waals surface area contributed by atoms with Crippen LogP contribution in [0.15, 0.2) is 66.7 Å². The molecule has 0 saturated heterocycles. The summed E-state index contributed by atoms with van der Waals surface area (Å²) in [5.74, 6) is 2.41. The maximum atomic E-state index is 9.75. The molecule has 0 aliphatic carbocycles. The SMILES string of the molecule is F[B-](F)(F)F.Oc1ccc(C[SH+]Cc2cccc3ccccc23)cc1. The molecule has 7 heteroatoms. The van der Waals surface area contributed by atoms with Gasteiger partial charge in [-0.15, -0.1) is 0 Å². The van der Waals surface area contributed by atoms with Crippen LogP contribution in [0.25, 0.3) is 10.8 Å². The molecule has 0 amide bonds. The highest BCUT2D eigenvalue weighted by molar-refractivity contribution is 7.76. The van der Waals surface area contributed by atoms with Crippen LogP contribution in [0, 0.1) is 0 Å². The van der Waals surface area contributed by atoms with Crippen LogP contribution in [0.3, 0.4) is 0 Å². The molecule has 1 N–H and O–H groups in total. The Bertz CT molecular complexity index is 795. The van der Waals surface area contributed by atoms with Gasteiger partial charge < -0.3 is 22.4 Å². The van der Waals surface area contributed by atoms with Crippen molar-refractivity contribution in [1.29, 1.82) is 0 Å². The zero-order valence-electron chi connectivity index (χ0n) is 13.2. The van der Waals surface area contributed by atoms with E-state index in [9.17, 15) is 22.4 Å². The number of phenolic OH excluding ortho intramolecular Hbond substituents is 1. The second kappa shape index (κ2) is 8.81. The smallest absolute Gasteiger partial charge is 0.508 e. The third kappa shape index (κ3) is 7.09. The van der Waals surface area contributed by atoms with Crippen molar-refractivity contribution < 1.29 is 22.4 Å². The van der Waals surface area contributed by atoms with E-state index in [1.165, 1.54) is 33.7 Å². The van der Waals surface area contributed by atoms with Gasteiger partial charge in [-0.05, 0) is 34.7 Å². The Morgan fingerprint density at radius 1 is 0.760 bits per heavy atom. The number of hydrogen-bond donors (Lipinski definition) is 1. The lowest BCUT2D eigenvalue weighted by atomic mass is 10.1. The molecule has 3 aromatic rings. The molecule has 0 saturated carbocycles. The number of fused-ring (bicyclic) bond motifs is 1. The Labute approximate surface area is 147 Å². The van der Waals surface area contributed by atoms with Crippen LogP contribution in [-0.2, 0) is 23.3 Å². The summed E-state index contributed by atoms with van der Waals surface area (Å²) in [4.78, 5) is 0. The zero-order chi connectivity index (χ0) is 18.3. The third-order valence-electron chi connectivity index (χ3n) is 3.39. The molecule has 0 heterocycles. The van der Waals surface area contributed by atoms with Crippen molar-refractivity contribution in [2.45, 2.75) is 11.5 Å². The van der Waals surface area contributed by atoms with Crippen molar-refractivity contribution in [3.63, 3.8) is 0 Å². The Balaban J connectivity index is 0.000000399. The predicted octanol–water partition coefficient (Wildman–Crippen LogP) is 5.36. The monoisotopic (exact) mass is 368 g/mol. The van der Waals surface area contributed by atoms with Crippen LogP contribution in [0.5, 0.6) is 5.75 Å². The van der Waals surface area contributed by atoms with Crippen molar-refractivity contribution in [1.82, 2.24) is 0 Å². The quantitative estimate of drug-likeness (QED) is 0.285. The molecule has 3 rings (SSSR count). The minimum atomic E-state index is -6.00. The summed E-state index contributed by atoms with van der Waals surface area (Å²) < 4.78 is 39.0. The molecular weight excluding hydrogens is 351 g/mol. The molecule has 132 valence electrons. The van der Waals surface area contributed by atoms with Gasteiger partial charge in [-0.25, -0.2) is 0 Å². The van der Waals surface area contributed by atoms with Gasteiger partial charge in [-0.2, -0.15) is 0 Å². The zero-order valence-corrected chi connectivity index (χ0v) is 14.1. The Hall–Kier alpha value is -2.15. The number of rotatable bonds is 4. The second-order valence-electron chi connectivity index (χ2n) is 5.34. The summed E-state index contributed by atoms with van der Waals surface area (Å²) in [6.07, 6.45) is 0. The van der Waals surface area contributed by atoms with E-state index in [4.69, 9.17) is 0 Å². The van der Waals surface area contributed by atoms with Crippen LogP contribution < -0.4 is 0 Å². The fourth-order valence-corrected chi connectivity index (χ4v) is 3.43. The lowest BCUT2D eigenvalue weighted by molar-refractivity contribution is 0.368. The van der Waals surface area contributed by atoms with Crippen molar-refractivity contribution in [3.8, 4) is 5.75 Å². The summed E-state index contributed by atoms with van der Waals surface area (Å²) in [6.45, 7) is 0. The highest BCUT2D eigenvalue weighted by Gasteiger charge is 2.20. The number of phenols is 1. The first-order chi connectivity index (χ1) is 11.8. The van der Waals surface area contributed by atoms with Gasteiger partial charge in [-0.1, -0.05) is 54.6 Å². The van der Waals surface area contributed by atoms with E-state index >= 15 is 0 Å². The molecule has 25 heavy (non-hydrogen) atoms. The lowest BCUT2D eigenvalue weighted by Crippen LogP contribution is -2.02. The topological polar surface area (TPSA) is 20.2 Å². The molecule has 0 unspecified atom stereocenters. The number of thiol groups is 1. The van der Waals surface area contributed by atoms with Gasteiger partial charge in [-0.3, -0.25) is 0 Å². The normalized spacial score (nSPS) is 11.0. The largest absolute Gasteiger partial charge is 0.673 e. The van der Waals surface area contributed by atoms with Gasteiger partial charge in [0.15, 0.2) is 0 Å². The summed E-state index contributed by atoms with van der Waals surface area (Å²) >= 11 is 1.38. The van der Waals surface area contributed by atoms with E-state index in [0.29, 0.717) is 5.75 Å². The van der Waals surface area contributed by atoms with Crippen molar-refractivity contribution in [2.24, 2.45) is 0 Å². The van der Waals surface area contributed by atoms with E-state index in [2.05, 4.69) is 42.5 Å². The van der Waals surface area contributed by atoms with Crippen molar-refractivity contribution >= 4 is 29.8 Å². The molecule has 0 bridgehead atoms. The van der Waals surface area contributed by atoms with Crippen LogP contribution in [0.4, 0.5) is 17.3 Å². The highest BCUT2D eigenvalue weighted by atomic mass is 32.2. The van der Waals surface area contributed by atoms with Gasteiger partial charge in [0.05, 0.1) is 0 Å². The minimum Gasteiger partial charge on any atom is -0.508 e. The summed E-state index contributed by atoms with van der Waals surface area (Å²) in [5, 5.41) is 11.9. The van der Waals surface area contributed by atoms with Crippen LogP contribution in [0.2, 0.25) is 0 Å². The first-order valence-corrected chi connectivity index (χ1v) is 8.84. The van der Waals surface area contributed by atoms with Crippen molar-refractivity contribution in [3.05, 3.63) is 77.9 Å². The molecule has 0 aromatic heterocycles. The molecule has 1 nitrogen and oxygen atoms in total. The fraction of sp³-hybridized carbons (Fsp3) is 0.111. The lowest BCUT2D eigenvalue weighted by Gasteiger charge is -2.02. The predicted molar refractivity (Wildman–Crippen MR) is 98.4 cm³/mol. The van der Waals surface area contributed by atoms with Gasteiger partial charge in [0.2, 0.25) is 0 Å². The third-order valence-corrected chi connectivity index (χ3v) is 4.55. The van der Waals surface area contributed by atoms with Crippen LogP contribution in [0.1, 0.15) is 11.1 Å². The Kier molecular flexibility index (Phi) is 6.76. The van der Waals surface area contributed by atoms with E-state index in [1.807, 2.05) is 12.1 Å². The second-order valence-corrected chi connectivity index (χ2v) is 6.42. The average Bonchev–Trinajstić information content (AvgIpc) is 2.55. The van der Waals surface area contributed by atoms with E-state index < -0.39 is 7.25 Å². The minimum absolute atomic E-state index is 0.333. The summed E-state index contributed by atoms with van der Waals surface area (Å²) in [6, 6.07) is 22.5. The number of hydrogen-bond acceptors (Lipinski definition) is 1. The summed E-state index contributed by atoms with van der Waals surface area (Å²) in [5.41, 5.74) is 2.67. The maximum Gasteiger partial charge on any atom is 0.673 e. The molecule has 0 atom stereocenters. The van der Waals surface area contributed by atoms with E-state index in [1.54, 1.807) is 12.1 Å². The van der Waals surface area contributed by atoms with E-state index in [-0.39, 0.29) is 0 Å². The number of benzene rings is 3. The first-order valence-electron chi connectivity index (χ1n) is 7.58. The molecule has 0 fully saturated rings. The standard InChI is InChI=1S/C18H16OS.BF4/c19-17-10-8-14(9-11-17)12-20-13-16-6-3-5-15-4-1-2-7-18(15)16;2-1(3,4)5/h1-11,19H,12-13H2;/q;-1/p+1. The molecule has 0 spiro atoms. The van der Waals surface area contributed by atoms with Gasteiger partial charge in [0.1, 0.15) is 17.3 Å². The van der Waals surface area contributed by atoms with Gasteiger partial charge in [0, 0.05) is 11.1 Å².